The lowest BCUT2D eigenvalue weighted by Crippen LogP contribution is -2.39. The van der Waals surface area contributed by atoms with Crippen molar-refractivity contribution >= 4 is 27.0 Å². The normalized spacial score (nSPS) is 17.2. The zero-order chi connectivity index (χ0) is 29.3. The fourth-order valence-corrected chi connectivity index (χ4v) is 7.49. The van der Waals surface area contributed by atoms with E-state index in [1.165, 1.54) is 0 Å². The summed E-state index contributed by atoms with van der Waals surface area (Å²) >= 11 is 0. The van der Waals surface area contributed by atoms with Gasteiger partial charge in [0.25, 0.3) is 0 Å². The molecule has 0 radical (unpaired) electrons. The molecule has 0 saturated carbocycles. The lowest BCUT2D eigenvalue weighted by molar-refractivity contribution is -0.143. The van der Waals surface area contributed by atoms with Crippen molar-refractivity contribution in [2.45, 2.75) is 56.9 Å². The van der Waals surface area contributed by atoms with Crippen LogP contribution in [-0.4, -0.2) is 53.9 Å². The van der Waals surface area contributed by atoms with Crippen molar-refractivity contribution in [3.8, 4) is 5.75 Å². The van der Waals surface area contributed by atoms with Gasteiger partial charge in [0.15, 0.2) is 0 Å². The first kappa shape index (κ1) is 28.8. The zero-order valence-corrected chi connectivity index (χ0v) is 24.9. The summed E-state index contributed by atoms with van der Waals surface area (Å²) in [4.78, 5) is 13.2. The summed E-state index contributed by atoms with van der Waals surface area (Å²) in [6.45, 7) is 6.80. The van der Waals surface area contributed by atoms with E-state index in [1.54, 1.807) is 42.2 Å². The highest BCUT2D eigenvalue weighted by Gasteiger charge is 2.36. The van der Waals surface area contributed by atoms with Crippen molar-refractivity contribution in [3.05, 3.63) is 82.4 Å². The molecular formula is C31H36N4O5S. The Balaban J connectivity index is 1.56. The molecule has 0 bridgehead atoms. The Kier molecular flexibility index (Phi) is 8.15. The number of rotatable bonds is 9. The maximum absolute atomic E-state index is 13.7. The molecular weight excluding hydrogens is 540 g/mol. The molecule has 2 heterocycles. The third kappa shape index (κ3) is 5.46. The summed E-state index contributed by atoms with van der Waals surface area (Å²) < 4.78 is 41.6. The monoisotopic (exact) mass is 576 g/mol. The van der Waals surface area contributed by atoms with Crippen LogP contribution in [0.2, 0.25) is 0 Å². The van der Waals surface area contributed by atoms with Gasteiger partial charge in [-0.15, -0.1) is 5.10 Å². The quantitative estimate of drug-likeness (QED) is 0.256. The van der Waals surface area contributed by atoms with Crippen molar-refractivity contribution in [1.29, 1.82) is 0 Å². The van der Waals surface area contributed by atoms with Crippen molar-refractivity contribution in [2.24, 2.45) is 7.05 Å². The van der Waals surface area contributed by atoms with Crippen LogP contribution in [0, 0.1) is 6.92 Å². The lowest BCUT2D eigenvalue weighted by atomic mass is 9.86. The van der Waals surface area contributed by atoms with Gasteiger partial charge in [0.05, 0.1) is 25.0 Å². The van der Waals surface area contributed by atoms with Gasteiger partial charge in [0, 0.05) is 26.1 Å². The largest absolute Gasteiger partial charge is 0.494 e. The summed E-state index contributed by atoms with van der Waals surface area (Å²) in [5.41, 5.74) is 5.89. The Bertz CT molecular complexity index is 1700. The van der Waals surface area contributed by atoms with Gasteiger partial charge in [0.2, 0.25) is 10.0 Å². The van der Waals surface area contributed by atoms with E-state index < -0.39 is 10.0 Å². The Hall–Kier alpha value is -3.76. The summed E-state index contributed by atoms with van der Waals surface area (Å²) in [5, 5.41) is 8.42. The third-order valence-electron chi connectivity index (χ3n) is 8.00. The smallest absolute Gasteiger partial charge is 0.306 e. The van der Waals surface area contributed by atoms with Crippen LogP contribution in [0.15, 0.2) is 59.5 Å². The number of aryl methyl sites for hydroxylation is 2. The predicted octanol–water partition coefficient (Wildman–Crippen LogP) is 5.07. The highest BCUT2D eigenvalue weighted by atomic mass is 32.2. The molecule has 3 aromatic carbocycles. The van der Waals surface area contributed by atoms with Gasteiger partial charge < -0.3 is 9.47 Å². The molecule has 0 aliphatic carbocycles. The molecule has 9 nitrogen and oxygen atoms in total. The minimum absolute atomic E-state index is 0.110. The standard InChI is InChI=1S/C31H36N4O5S/c1-6-21-18-35(41(37,38)29-11-9-8-10-25(21)29)19-24-14-22(13-12-20(24)3)26(17-30(36)40-7-2)23-15-27-31(28(16-23)39-5)34(4)33-32-27/h8-16,21,26H,6-7,17-19H2,1-5H3. The number of sulfonamides is 1. The van der Waals surface area contributed by atoms with Crippen molar-refractivity contribution < 1.29 is 22.7 Å². The molecule has 1 aliphatic heterocycles. The second kappa shape index (κ2) is 11.6. The molecule has 0 N–H and O–H groups in total. The van der Waals surface area contributed by atoms with E-state index in [2.05, 4.69) is 17.2 Å². The van der Waals surface area contributed by atoms with Crippen LogP contribution < -0.4 is 4.74 Å². The van der Waals surface area contributed by atoms with Crippen molar-refractivity contribution in [3.63, 3.8) is 0 Å². The van der Waals surface area contributed by atoms with Gasteiger partial charge in [-0.05, 0) is 72.2 Å². The van der Waals surface area contributed by atoms with Crippen LogP contribution >= 0.6 is 0 Å². The second-order valence-corrected chi connectivity index (χ2v) is 12.4. The van der Waals surface area contributed by atoms with Gasteiger partial charge in [-0.1, -0.05) is 48.5 Å². The average molecular weight is 577 g/mol. The van der Waals surface area contributed by atoms with Crippen LogP contribution in [-0.2, 0) is 33.1 Å². The third-order valence-corrected chi connectivity index (χ3v) is 9.89. The first-order valence-corrected chi connectivity index (χ1v) is 15.3. The first-order chi connectivity index (χ1) is 19.7. The van der Waals surface area contributed by atoms with Crippen LogP contribution in [0.3, 0.4) is 0 Å². The summed E-state index contributed by atoms with van der Waals surface area (Å²) in [6, 6.07) is 17.1. The average Bonchev–Trinajstić information content (AvgIpc) is 3.34. The zero-order valence-electron chi connectivity index (χ0n) is 24.1. The van der Waals surface area contributed by atoms with Crippen LogP contribution in [0.1, 0.15) is 66.3 Å². The molecule has 10 heteroatoms. The molecule has 5 rings (SSSR count). The molecule has 2 atom stereocenters. The van der Waals surface area contributed by atoms with Crippen LogP contribution in [0.25, 0.3) is 11.0 Å². The minimum atomic E-state index is -3.66. The van der Waals surface area contributed by atoms with Gasteiger partial charge in [0.1, 0.15) is 16.8 Å². The van der Waals surface area contributed by atoms with Crippen LogP contribution in [0.5, 0.6) is 5.75 Å². The topological polar surface area (TPSA) is 104 Å². The highest BCUT2D eigenvalue weighted by molar-refractivity contribution is 7.89. The Morgan fingerprint density at radius 1 is 1.10 bits per heavy atom. The number of methoxy groups -OCH3 is 1. The van der Waals surface area contributed by atoms with E-state index in [1.807, 2.05) is 49.4 Å². The molecule has 0 amide bonds. The number of hydrogen-bond donors (Lipinski definition) is 0. The van der Waals surface area contributed by atoms with E-state index >= 15 is 0 Å². The van der Waals surface area contributed by atoms with Gasteiger partial charge >= 0.3 is 5.97 Å². The van der Waals surface area contributed by atoms with Gasteiger partial charge in [-0.25, -0.2) is 13.1 Å². The van der Waals surface area contributed by atoms with E-state index in [9.17, 15) is 13.2 Å². The summed E-state index contributed by atoms with van der Waals surface area (Å²) in [6.07, 6.45) is 0.953. The van der Waals surface area contributed by atoms with E-state index in [0.29, 0.717) is 22.7 Å². The molecule has 1 aromatic heterocycles. The van der Waals surface area contributed by atoms with Gasteiger partial charge in [-0.3, -0.25) is 4.79 Å². The highest BCUT2D eigenvalue weighted by Crippen LogP contribution is 2.38. The molecule has 1 aliphatic rings. The number of benzene rings is 3. The molecule has 2 unspecified atom stereocenters. The Morgan fingerprint density at radius 3 is 2.61 bits per heavy atom. The van der Waals surface area contributed by atoms with Crippen molar-refractivity contribution in [2.75, 3.05) is 20.3 Å². The predicted molar refractivity (Wildman–Crippen MR) is 156 cm³/mol. The fraction of sp³-hybridized carbons (Fsp3) is 0.387. The number of carbonyl (C=O) groups excluding carboxylic acids is 1. The minimum Gasteiger partial charge on any atom is -0.494 e. The number of hydrogen-bond acceptors (Lipinski definition) is 7. The molecule has 0 spiro atoms. The molecule has 41 heavy (non-hydrogen) atoms. The van der Waals surface area contributed by atoms with Crippen molar-refractivity contribution in [1.82, 2.24) is 19.3 Å². The number of ether oxygens (including phenoxy) is 2. The maximum Gasteiger partial charge on any atom is 0.306 e. The van der Waals surface area contributed by atoms with Gasteiger partial charge in [-0.2, -0.15) is 4.31 Å². The SMILES string of the molecule is CCOC(=O)CC(c1ccc(C)c(CN2CC(CC)c3ccccc3S2(=O)=O)c1)c1cc(OC)c2c(c1)nnn2C. The molecule has 0 fully saturated rings. The number of aromatic nitrogens is 3. The second-order valence-electron chi connectivity index (χ2n) is 10.5. The van der Waals surface area contributed by atoms with Crippen LogP contribution in [0.4, 0.5) is 0 Å². The molecule has 216 valence electrons. The molecule has 0 saturated heterocycles. The summed E-state index contributed by atoms with van der Waals surface area (Å²) in [7, 11) is -0.263. The number of esters is 1. The number of nitrogens with zero attached hydrogens (tertiary/aromatic N) is 4. The maximum atomic E-state index is 13.7. The molecule has 4 aromatic rings. The van der Waals surface area contributed by atoms with E-state index in [4.69, 9.17) is 9.47 Å². The van der Waals surface area contributed by atoms with E-state index in [-0.39, 0.29) is 37.4 Å². The first-order valence-electron chi connectivity index (χ1n) is 13.9. The lowest BCUT2D eigenvalue weighted by Gasteiger charge is -2.34. The Morgan fingerprint density at radius 2 is 1.88 bits per heavy atom. The summed E-state index contributed by atoms with van der Waals surface area (Å²) in [5.74, 6) is 0.0467. The van der Waals surface area contributed by atoms with E-state index in [0.717, 1.165) is 39.8 Å². The Labute approximate surface area is 241 Å². The number of fused-ring (bicyclic) bond motifs is 2. The fourth-order valence-electron chi connectivity index (χ4n) is 5.75. The number of carbonyl (C=O) groups is 1.